The molecular weight excluding hydrogens is 300 g/mol. The number of benzene rings is 2. The van der Waals surface area contributed by atoms with E-state index >= 15 is 0 Å². The Kier molecular flexibility index (Phi) is 5.28. The molecule has 1 N–H and O–H groups in total. The highest BCUT2D eigenvalue weighted by Crippen LogP contribution is 2.25. The Labute approximate surface area is 143 Å². The Morgan fingerprint density at radius 3 is 2.46 bits per heavy atom. The number of nitrogens with zero attached hydrogens (tertiary/aromatic N) is 1. The van der Waals surface area contributed by atoms with Crippen LogP contribution in [0.1, 0.15) is 22.7 Å². The number of carbonyl (C=O) groups is 1. The van der Waals surface area contributed by atoms with Gasteiger partial charge in [-0.2, -0.15) is 0 Å². The van der Waals surface area contributed by atoms with Crippen LogP contribution in [0.25, 0.3) is 0 Å². The third-order valence-corrected chi connectivity index (χ3v) is 4.41. The van der Waals surface area contributed by atoms with Gasteiger partial charge in [0, 0.05) is 18.8 Å². The molecule has 2 aromatic rings. The molecule has 0 bridgehead atoms. The van der Waals surface area contributed by atoms with Crippen molar-refractivity contribution in [3.05, 3.63) is 65.2 Å². The molecule has 1 fully saturated rings. The number of ether oxygens (including phenoxy) is 1. The summed E-state index contributed by atoms with van der Waals surface area (Å²) in [6.45, 7) is 6.94. The van der Waals surface area contributed by atoms with E-state index in [2.05, 4.69) is 23.2 Å². The molecule has 1 aliphatic rings. The molecule has 0 unspecified atom stereocenters. The first-order chi connectivity index (χ1) is 11.6. The van der Waals surface area contributed by atoms with Gasteiger partial charge in [-0.05, 0) is 31.0 Å². The first-order valence-electron chi connectivity index (χ1n) is 8.40. The smallest absolute Gasteiger partial charge is 0.246 e. The molecule has 2 aromatic carbocycles. The van der Waals surface area contributed by atoms with E-state index in [0.29, 0.717) is 13.2 Å². The van der Waals surface area contributed by atoms with Crippen LogP contribution in [0.2, 0.25) is 0 Å². The molecular formula is C20H24N2O2. The van der Waals surface area contributed by atoms with Crippen molar-refractivity contribution >= 4 is 11.6 Å². The minimum Gasteiger partial charge on any atom is -0.379 e. The molecule has 126 valence electrons. The lowest BCUT2D eigenvalue weighted by molar-refractivity contribution is -0.123. The fraction of sp³-hybridized carbons (Fsp3) is 0.350. The maximum Gasteiger partial charge on any atom is 0.246 e. The molecule has 24 heavy (non-hydrogen) atoms. The molecule has 1 amide bonds. The van der Waals surface area contributed by atoms with Gasteiger partial charge in [0.25, 0.3) is 0 Å². The molecule has 4 heteroatoms. The third kappa shape index (κ3) is 3.83. The van der Waals surface area contributed by atoms with Gasteiger partial charge in [-0.25, -0.2) is 0 Å². The molecule has 0 aliphatic carbocycles. The fourth-order valence-electron chi connectivity index (χ4n) is 3.15. The number of nitrogens with one attached hydrogen (secondary N) is 1. The largest absolute Gasteiger partial charge is 0.379 e. The minimum absolute atomic E-state index is 0.00931. The Bertz CT molecular complexity index is 694. The lowest BCUT2D eigenvalue weighted by Crippen LogP contribution is -2.43. The van der Waals surface area contributed by atoms with Crippen LogP contribution in [0.5, 0.6) is 0 Å². The summed E-state index contributed by atoms with van der Waals surface area (Å²) in [6.07, 6.45) is 0. The minimum atomic E-state index is -0.296. The molecule has 1 heterocycles. The van der Waals surface area contributed by atoms with Gasteiger partial charge in [-0.1, -0.05) is 48.0 Å². The number of amides is 1. The average molecular weight is 324 g/mol. The predicted octanol–water partition coefficient (Wildman–Crippen LogP) is 3.32. The zero-order chi connectivity index (χ0) is 16.9. The van der Waals surface area contributed by atoms with Crippen LogP contribution in [0.15, 0.2) is 48.5 Å². The first kappa shape index (κ1) is 16.7. The molecule has 1 aliphatic heterocycles. The highest BCUT2D eigenvalue weighted by atomic mass is 16.5. The van der Waals surface area contributed by atoms with Crippen LogP contribution in [-0.2, 0) is 9.53 Å². The van der Waals surface area contributed by atoms with E-state index < -0.39 is 0 Å². The zero-order valence-corrected chi connectivity index (χ0v) is 14.3. The quantitative estimate of drug-likeness (QED) is 0.938. The molecule has 0 spiro atoms. The van der Waals surface area contributed by atoms with Crippen molar-refractivity contribution in [1.29, 1.82) is 0 Å². The van der Waals surface area contributed by atoms with Crippen molar-refractivity contribution < 1.29 is 9.53 Å². The average Bonchev–Trinajstić information content (AvgIpc) is 2.60. The maximum atomic E-state index is 13.1. The normalized spacial score (nSPS) is 16.6. The molecule has 3 rings (SSSR count). The molecule has 0 aromatic heterocycles. The van der Waals surface area contributed by atoms with E-state index in [4.69, 9.17) is 4.74 Å². The first-order valence-corrected chi connectivity index (χ1v) is 8.40. The fourth-order valence-corrected chi connectivity index (χ4v) is 3.15. The summed E-state index contributed by atoms with van der Waals surface area (Å²) in [5.74, 6) is 0.00931. The van der Waals surface area contributed by atoms with Crippen molar-refractivity contribution in [3.63, 3.8) is 0 Å². The number of carbonyl (C=O) groups excluding carboxylic acids is 1. The van der Waals surface area contributed by atoms with E-state index in [1.54, 1.807) is 0 Å². The zero-order valence-electron chi connectivity index (χ0n) is 14.3. The maximum absolute atomic E-state index is 13.1. The van der Waals surface area contributed by atoms with Gasteiger partial charge in [-0.3, -0.25) is 9.69 Å². The SMILES string of the molecule is Cc1ccc(NC(=O)[C@@H](c2ccccc2)N2CCOCC2)c(C)c1. The number of hydrogen-bond donors (Lipinski definition) is 1. The highest BCUT2D eigenvalue weighted by molar-refractivity contribution is 5.96. The summed E-state index contributed by atoms with van der Waals surface area (Å²) in [5.41, 5.74) is 4.16. The second-order valence-electron chi connectivity index (χ2n) is 6.27. The summed E-state index contributed by atoms with van der Waals surface area (Å²) in [4.78, 5) is 15.2. The highest BCUT2D eigenvalue weighted by Gasteiger charge is 2.29. The third-order valence-electron chi connectivity index (χ3n) is 4.41. The summed E-state index contributed by atoms with van der Waals surface area (Å²) in [6, 6.07) is 15.8. The number of morpholine rings is 1. The van der Waals surface area contributed by atoms with Crippen molar-refractivity contribution in [1.82, 2.24) is 4.90 Å². The summed E-state index contributed by atoms with van der Waals surface area (Å²) >= 11 is 0. The Balaban J connectivity index is 1.85. The van der Waals surface area contributed by atoms with Crippen LogP contribution in [-0.4, -0.2) is 37.1 Å². The molecule has 0 radical (unpaired) electrons. The van der Waals surface area contributed by atoms with Gasteiger partial charge in [0.15, 0.2) is 0 Å². The standard InChI is InChI=1S/C20H24N2O2/c1-15-8-9-18(16(2)14-15)21-20(23)19(17-6-4-3-5-7-17)22-10-12-24-13-11-22/h3-9,14,19H,10-13H2,1-2H3,(H,21,23)/t19-/m1/s1. The van der Waals surface area contributed by atoms with Gasteiger partial charge in [0.05, 0.1) is 13.2 Å². The van der Waals surface area contributed by atoms with Crippen molar-refractivity contribution in [2.24, 2.45) is 0 Å². The van der Waals surface area contributed by atoms with Crippen LogP contribution < -0.4 is 5.32 Å². The number of anilines is 1. The number of rotatable bonds is 4. The van der Waals surface area contributed by atoms with Gasteiger partial charge in [0.1, 0.15) is 6.04 Å². The van der Waals surface area contributed by atoms with Crippen molar-refractivity contribution in [2.45, 2.75) is 19.9 Å². The van der Waals surface area contributed by atoms with E-state index in [1.165, 1.54) is 5.56 Å². The van der Waals surface area contributed by atoms with E-state index in [-0.39, 0.29) is 11.9 Å². The van der Waals surface area contributed by atoms with Gasteiger partial charge < -0.3 is 10.1 Å². The van der Waals surface area contributed by atoms with E-state index in [0.717, 1.165) is 29.9 Å². The van der Waals surface area contributed by atoms with Crippen LogP contribution in [0, 0.1) is 13.8 Å². The Morgan fingerprint density at radius 1 is 1.08 bits per heavy atom. The summed E-state index contributed by atoms with van der Waals surface area (Å²) < 4.78 is 5.44. The molecule has 1 atom stereocenters. The van der Waals surface area contributed by atoms with Gasteiger partial charge >= 0.3 is 0 Å². The Morgan fingerprint density at radius 2 is 1.79 bits per heavy atom. The second kappa shape index (κ2) is 7.60. The molecule has 1 saturated heterocycles. The van der Waals surface area contributed by atoms with E-state index in [9.17, 15) is 4.79 Å². The molecule has 4 nitrogen and oxygen atoms in total. The summed E-state index contributed by atoms with van der Waals surface area (Å²) in [7, 11) is 0. The topological polar surface area (TPSA) is 41.6 Å². The monoisotopic (exact) mass is 324 g/mol. The van der Waals surface area contributed by atoms with Crippen LogP contribution >= 0.6 is 0 Å². The number of hydrogen-bond acceptors (Lipinski definition) is 3. The van der Waals surface area contributed by atoms with Gasteiger partial charge in [-0.15, -0.1) is 0 Å². The van der Waals surface area contributed by atoms with Crippen LogP contribution in [0.3, 0.4) is 0 Å². The number of aryl methyl sites for hydroxylation is 2. The van der Waals surface area contributed by atoms with E-state index in [1.807, 2.05) is 49.4 Å². The predicted molar refractivity (Wildman–Crippen MR) is 96.1 cm³/mol. The van der Waals surface area contributed by atoms with Gasteiger partial charge in [0.2, 0.25) is 5.91 Å². The van der Waals surface area contributed by atoms with Crippen molar-refractivity contribution in [3.8, 4) is 0 Å². The van der Waals surface area contributed by atoms with Crippen molar-refractivity contribution in [2.75, 3.05) is 31.6 Å². The second-order valence-corrected chi connectivity index (χ2v) is 6.27. The summed E-state index contributed by atoms with van der Waals surface area (Å²) in [5, 5.41) is 3.11. The lowest BCUT2D eigenvalue weighted by Gasteiger charge is -2.34. The lowest BCUT2D eigenvalue weighted by atomic mass is 10.0. The van der Waals surface area contributed by atoms with Crippen LogP contribution in [0.4, 0.5) is 5.69 Å². The Hall–Kier alpha value is -2.17. The molecule has 0 saturated carbocycles.